The molecule has 0 amide bonds. The summed E-state index contributed by atoms with van der Waals surface area (Å²) in [6, 6.07) is 41.2. The third-order valence-electron chi connectivity index (χ3n) is 10.1. The van der Waals surface area contributed by atoms with Crippen LogP contribution in [0.1, 0.15) is 33.4 Å². The van der Waals surface area contributed by atoms with E-state index < -0.39 is 17.2 Å². The van der Waals surface area contributed by atoms with E-state index >= 15 is 0 Å². The Morgan fingerprint density at radius 1 is 0.535 bits per heavy atom. The molecule has 1 aliphatic heterocycles. The second-order valence-electron chi connectivity index (χ2n) is 11.9. The molecule has 0 bridgehead atoms. The molecule has 3 aliphatic rings. The van der Waals surface area contributed by atoms with Crippen molar-refractivity contribution in [2.75, 3.05) is 0 Å². The van der Waals surface area contributed by atoms with E-state index in [9.17, 15) is 13.2 Å². The zero-order valence-corrected chi connectivity index (χ0v) is 22.8. The fourth-order valence-corrected chi connectivity index (χ4v) is 8.56. The predicted octanol–water partition coefficient (Wildman–Crippen LogP) is 10.2. The summed E-state index contributed by atoms with van der Waals surface area (Å²) in [5.74, 6) is 0. The number of alkyl halides is 3. The number of halogens is 3. The van der Waals surface area contributed by atoms with Crippen LogP contribution in [0.2, 0.25) is 0 Å². The van der Waals surface area contributed by atoms with Crippen LogP contribution in [0.5, 0.6) is 0 Å². The Hall–Kier alpha value is -5.09. The van der Waals surface area contributed by atoms with E-state index in [1.807, 2.05) is 18.2 Å². The molecule has 0 saturated heterocycles. The maximum atomic E-state index is 14.2. The fraction of sp³-hybridized carbons (Fsp3) is 0.0769. The van der Waals surface area contributed by atoms with Crippen molar-refractivity contribution in [2.45, 2.75) is 18.1 Å². The van der Waals surface area contributed by atoms with Crippen molar-refractivity contribution in [1.29, 1.82) is 0 Å². The Labute approximate surface area is 245 Å². The first-order valence-electron chi connectivity index (χ1n) is 14.6. The standard InChI is InChI=1S/C39H22F3N/c40-39(41,42)33-18-7-9-22-21-43-35-20-34-28(19-29(35)26-13-8-14-27(36(22)33)37(26)43)25-12-3-6-17-32(25)38(34)30-15-4-1-10-23(30)24-11-2-5-16-31(24)38/h1-20H,21H2. The molecule has 1 nitrogen and oxygen atoms in total. The van der Waals surface area contributed by atoms with Gasteiger partial charge >= 0.3 is 6.18 Å². The number of hydrogen-bond acceptors (Lipinski definition) is 0. The number of benzene rings is 6. The molecule has 7 aromatic rings. The van der Waals surface area contributed by atoms with Gasteiger partial charge in [0.25, 0.3) is 0 Å². The smallest absolute Gasteiger partial charge is 0.335 e. The van der Waals surface area contributed by atoms with Crippen LogP contribution in [0.15, 0.2) is 121 Å². The summed E-state index contributed by atoms with van der Waals surface area (Å²) < 4.78 is 45.0. The molecule has 1 aromatic heterocycles. The van der Waals surface area contributed by atoms with E-state index in [1.54, 1.807) is 0 Å². The van der Waals surface area contributed by atoms with Crippen LogP contribution < -0.4 is 0 Å². The summed E-state index contributed by atoms with van der Waals surface area (Å²) in [4.78, 5) is 0. The lowest BCUT2D eigenvalue weighted by atomic mass is 9.70. The van der Waals surface area contributed by atoms with E-state index in [-0.39, 0.29) is 0 Å². The molecule has 2 aliphatic carbocycles. The van der Waals surface area contributed by atoms with E-state index in [0.29, 0.717) is 23.2 Å². The largest absolute Gasteiger partial charge is 0.417 e. The minimum absolute atomic E-state index is 0.309. The minimum Gasteiger partial charge on any atom is -0.335 e. The SMILES string of the molecule is FC(F)(F)c1cccc2c1-c1cccc3c4cc5c(cc4n(c13)C2)C1(c2ccccc2-c2ccccc21)c1ccccc1-5. The lowest BCUT2D eigenvalue weighted by molar-refractivity contribution is -0.137. The van der Waals surface area contributed by atoms with Gasteiger partial charge in [-0.3, -0.25) is 0 Å². The Bertz CT molecular complexity index is 2330. The molecule has 43 heavy (non-hydrogen) atoms. The third kappa shape index (κ3) is 2.67. The molecule has 1 spiro atoms. The van der Waals surface area contributed by atoms with E-state index in [2.05, 4.69) is 95.6 Å². The van der Waals surface area contributed by atoms with Crippen molar-refractivity contribution < 1.29 is 13.2 Å². The van der Waals surface area contributed by atoms with Crippen molar-refractivity contribution in [3.63, 3.8) is 0 Å². The maximum absolute atomic E-state index is 14.2. The van der Waals surface area contributed by atoms with Gasteiger partial charge in [0.15, 0.2) is 0 Å². The second-order valence-corrected chi connectivity index (χ2v) is 11.9. The van der Waals surface area contributed by atoms with Crippen LogP contribution >= 0.6 is 0 Å². The average Bonchev–Trinajstić information content (AvgIpc) is 3.62. The minimum atomic E-state index is -4.43. The van der Waals surface area contributed by atoms with Crippen LogP contribution in [-0.4, -0.2) is 4.57 Å². The van der Waals surface area contributed by atoms with Gasteiger partial charge in [-0.05, 0) is 68.3 Å². The van der Waals surface area contributed by atoms with Crippen LogP contribution in [-0.2, 0) is 18.1 Å². The first-order chi connectivity index (χ1) is 21.0. The monoisotopic (exact) mass is 561 g/mol. The highest BCUT2D eigenvalue weighted by atomic mass is 19.4. The molecule has 4 heteroatoms. The van der Waals surface area contributed by atoms with Crippen LogP contribution in [0.25, 0.3) is 55.2 Å². The summed E-state index contributed by atoms with van der Waals surface area (Å²) >= 11 is 0. The molecular formula is C39H22F3N. The van der Waals surface area contributed by atoms with Crippen LogP contribution in [0.3, 0.4) is 0 Å². The number of fused-ring (bicyclic) bond motifs is 15. The zero-order valence-electron chi connectivity index (χ0n) is 22.8. The number of rotatable bonds is 0. The third-order valence-corrected chi connectivity index (χ3v) is 10.1. The van der Waals surface area contributed by atoms with E-state index in [1.165, 1.54) is 56.6 Å². The number of para-hydroxylation sites is 1. The van der Waals surface area contributed by atoms with Crippen LogP contribution in [0.4, 0.5) is 13.2 Å². The number of nitrogens with zero attached hydrogens (tertiary/aromatic N) is 1. The van der Waals surface area contributed by atoms with Crippen molar-refractivity contribution in [2.24, 2.45) is 0 Å². The molecule has 204 valence electrons. The fourth-order valence-electron chi connectivity index (χ4n) is 8.56. The normalized spacial score (nSPS) is 15.0. The molecule has 2 heterocycles. The van der Waals surface area contributed by atoms with Crippen molar-refractivity contribution in [1.82, 2.24) is 4.57 Å². The van der Waals surface area contributed by atoms with Crippen LogP contribution in [0, 0.1) is 0 Å². The summed E-state index contributed by atoms with van der Waals surface area (Å²) in [7, 11) is 0. The lowest BCUT2D eigenvalue weighted by Crippen LogP contribution is -2.25. The van der Waals surface area contributed by atoms with Crippen molar-refractivity contribution >= 4 is 21.8 Å². The van der Waals surface area contributed by atoms with Gasteiger partial charge < -0.3 is 4.57 Å². The van der Waals surface area contributed by atoms with Gasteiger partial charge in [0.1, 0.15) is 0 Å². The highest BCUT2D eigenvalue weighted by molar-refractivity contribution is 6.16. The van der Waals surface area contributed by atoms with Crippen molar-refractivity contribution in [3.05, 3.63) is 155 Å². The van der Waals surface area contributed by atoms with Gasteiger partial charge in [-0.1, -0.05) is 103 Å². The van der Waals surface area contributed by atoms with Gasteiger partial charge in [-0.25, -0.2) is 0 Å². The molecule has 0 fully saturated rings. The second kappa shape index (κ2) is 7.64. The number of hydrogen-bond donors (Lipinski definition) is 0. The Kier molecular flexibility index (Phi) is 4.17. The van der Waals surface area contributed by atoms with Gasteiger partial charge in [-0.15, -0.1) is 0 Å². The van der Waals surface area contributed by atoms with Gasteiger partial charge in [-0.2, -0.15) is 13.2 Å². The predicted molar refractivity (Wildman–Crippen MR) is 165 cm³/mol. The highest BCUT2D eigenvalue weighted by Crippen LogP contribution is 2.63. The Balaban J connectivity index is 1.36. The lowest BCUT2D eigenvalue weighted by Gasteiger charge is -2.30. The van der Waals surface area contributed by atoms with E-state index in [0.717, 1.165) is 21.8 Å². The Morgan fingerprint density at radius 2 is 1.12 bits per heavy atom. The van der Waals surface area contributed by atoms with Gasteiger partial charge in [0.05, 0.1) is 16.5 Å². The van der Waals surface area contributed by atoms with Gasteiger partial charge in [0.2, 0.25) is 0 Å². The first kappa shape index (κ1) is 23.5. The molecule has 0 radical (unpaired) electrons. The average molecular weight is 562 g/mol. The Morgan fingerprint density at radius 3 is 1.77 bits per heavy atom. The van der Waals surface area contributed by atoms with Gasteiger partial charge in [0, 0.05) is 34.0 Å². The summed E-state index contributed by atoms with van der Waals surface area (Å²) in [5, 5.41) is 2.06. The first-order valence-corrected chi connectivity index (χ1v) is 14.6. The molecule has 6 aromatic carbocycles. The highest BCUT2D eigenvalue weighted by Gasteiger charge is 2.51. The molecule has 10 rings (SSSR count). The molecule has 0 N–H and O–H groups in total. The molecule has 0 unspecified atom stereocenters. The molecule has 0 atom stereocenters. The van der Waals surface area contributed by atoms with Crippen molar-refractivity contribution in [3.8, 4) is 33.4 Å². The quantitative estimate of drug-likeness (QED) is 0.174. The number of aromatic nitrogens is 1. The van der Waals surface area contributed by atoms with E-state index in [4.69, 9.17) is 0 Å². The zero-order chi connectivity index (χ0) is 28.7. The molecular weight excluding hydrogens is 539 g/mol. The summed E-state index contributed by atoms with van der Waals surface area (Å²) in [6.45, 7) is 0.391. The summed E-state index contributed by atoms with van der Waals surface area (Å²) in [5.41, 5.74) is 12.5. The summed E-state index contributed by atoms with van der Waals surface area (Å²) in [6.07, 6.45) is -4.43. The molecule has 0 saturated carbocycles. The topological polar surface area (TPSA) is 4.93 Å². The maximum Gasteiger partial charge on any atom is 0.417 e.